The Morgan fingerprint density at radius 3 is 2.74 bits per heavy atom. The van der Waals surface area contributed by atoms with Crippen LogP contribution in [0, 0.1) is 5.92 Å². The molecule has 2 rings (SSSR count). The fraction of sp³-hybridized carbons (Fsp3) is 0.714. The molecule has 1 fully saturated rings. The molecule has 1 aromatic rings. The van der Waals surface area contributed by atoms with Crippen molar-refractivity contribution in [1.29, 1.82) is 0 Å². The predicted octanol–water partition coefficient (Wildman–Crippen LogP) is 3.72. The largest absolute Gasteiger partial charge is 0.378 e. The Hall–Kier alpha value is -0.680. The lowest BCUT2D eigenvalue weighted by molar-refractivity contribution is 0.180. The van der Waals surface area contributed by atoms with Gasteiger partial charge in [-0.2, -0.15) is 0 Å². The van der Waals surface area contributed by atoms with Crippen LogP contribution in [0.25, 0.3) is 0 Å². The second kappa shape index (κ2) is 6.66. The molecule has 0 saturated heterocycles. The summed E-state index contributed by atoms with van der Waals surface area (Å²) in [7, 11) is 3.58. The average molecular weight is 328 g/mol. The molecule has 0 aromatic carbocycles. The second-order valence-electron chi connectivity index (χ2n) is 5.16. The van der Waals surface area contributed by atoms with Gasteiger partial charge in [0.2, 0.25) is 0 Å². The standard InChI is InChI=1S/C14H22BrN3O/c1-4-9-5-6-10(7-9)13-17-11(8-19-3)12(15)14(16-2)18-13/h9-10H,4-8H2,1-3H3,(H,16,17,18). The minimum Gasteiger partial charge on any atom is -0.378 e. The molecule has 1 aliphatic rings. The van der Waals surface area contributed by atoms with E-state index in [2.05, 4.69) is 33.2 Å². The Balaban J connectivity index is 2.27. The third-order valence-corrected chi connectivity index (χ3v) is 4.77. The molecule has 0 aliphatic heterocycles. The number of methoxy groups -OCH3 is 1. The molecule has 2 unspecified atom stereocenters. The minimum atomic E-state index is 0.501. The van der Waals surface area contributed by atoms with Gasteiger partial charge in [0, 0.05) is 20.1 Å². The van der Waals surface area contributed by atoms with E-state index in [0.717, 1.165) is 27.7 Å². The molecule has 0 radical (unpaired) electrons. The fourth-order valence-corrected chi connectivity index (χ4v) is 3.26. The normalized spacial score (nSPS) is 22.7. The molecule has 19 heavy (non-hydrogen) atoms. The quantitative estimate of drug-likeness (QED) is 0.895. The monoisotopic (exact) mass is 327 g/mol. The lowest BCUT2D eigenvalue weighted by Crippen LogP contribution is -2.09. The summed E-state index contributed by atoms with van der Waals surface area (Å²) in [6, 6.07) is 0. The Morgan fingerprint density at radius 1 is 1.37 bits per heavy atom. The number of nitrogens with one attached hydrogen (secondary N) is 1. The Bertz CT molecular complexity index is 439. The van der Waals surface area contributed by atoms with E-state index in [-0.39, 0.29) is 0 Å². The maximum Gasteiger partial charge on any atom is 0.144 e. The van der Waals surface area contributed by atoms with Gasteiger partial charge in [0.1, 0.15) is 11.6 Å². The number of hydrogen-bond acceptors (Lipinski definition) is 4. The SMILES string of the molecule is CCC1CCC(c2nc(COC)c(Br)c(NC)n2)C1. The zero-order valence-electron chi connectivity index (χ0n) is 11.9. The third kappa shape index (κ3) is 3.26. The molecule has 0 amide bonds. The van der Waals surface area contributed by atoms with E-state index in [1.165, 1.54) is 25.7 Å². The summed E-state index contributed by atoms with van der Waals surface area (Å²) in [5.41, 5.74) is 0.928. The van der Waals surface area contributed by atoms with Crippen molar-refractivity contribution >= 4 is 21.7 Å². The molecular weight excluding hydrogens is 306 g/mol. The van der Waals surface area contributed by atoms with Crippen molar-refractivity contribution in [3.05, 3.63) is 16.0 Å². The van der Waals surface area contributed by atoms with Crippen molar-refractivity contribution in [2.75, 3.05) is 19.5 Å². The highest BCUT2D eigenvalue weighted by Gasteiger charge is 2.27. The van der Waals surface area contributed by atoms with Gasteiger partial charge in [-0.1, -0.05) is 13.3 Å². The summed E-state index contributed by atoms with van der Waals surface area (Å²) in [6.45, 7) is 2.78. The molecule has 1 heterocycles. The van der Waals surface area contributed by atoms with Gasteiger partial charge in [0.15, 0.2) is 0 Å². The Labute approximate surface area is 123 Å². The average Bonchev–Trinajstić information content (AvgIpc) is 2.90. The van der Waals surface area contributed by atoms with E-state index in [0.29, 0.717) is 12.5 Å². The van der Waals surface area contributed by atoms with E-state index >= 15 is 0 Å². The van der Waals surface area contributed by atoms with Gasteiger partial charge in [-0.05, 0) is 41.1 Å². The molecule has 106 valence electrons. The molecule has 1 saturated carbocycles. The zero-order valence-corrected chi connectivity index (χ0v) is 13.5. The molecule has 1 aliphatic carbocycles. The summed E-state index contributed by atoms with van der Waals surface area (Å²) < 4.78 is 6.13. The van der Waals surface area contributed by atoms with Crippen LogP contribution in [0.15, 0.2) is 4.47 Å². The van der Waals surface area contributed by atoms with Crippen molar-refractivity contribution in [3.8, 4) is 0 Å². The highest BCUT2D eigenvalue weighted by Crippen LogP contribution is 2.39. The number of nitrogens with zero attached hydrogens (tertiary/aromatic N) is 2. The van der Waals surface area contributed by atoms with Gasteiger partial charge >= 0.3 is 0 Å². The number of anilines is 1. The molecule has 0 bridgehead atoms. The maximum atomic E-state index is 5.22. The van der Waals surface area contributed by atoms with Crippen molar-refractivity contribution < 1.29 is 4.74 Å². The van der Waals surface area contributed by atoms with Crippen LogP contribution in [0.2, 0.25) is 0 Å². The summed E-state index contributed by atoms with van der Waals surface area (Å²) in [4.78, 5) is 9.36. The molecule has 1 aromatic heterocycles. The van der Waals surface area contributed by atoms with Crippen molar-refractivity contribution in [2.45, 2.75) is 45.1 Å². The second-order valence-corrected chi connectivity index (χ2v) is 5.95. The van der Waals surface area contributed by atoms with Gasteiger partial charge in [-0.15, -0.1) is 0 Å². The highest BCUT2D eigenvalue weighted by molar-refractivity contribution is 9.10. The van der Waals surface area contributed by atoms with Crippen molar-refractivity contribution in [2.24, 2.45) is 5.92 Å². The topological polar surface area (TPSA) is 47.0 Å². The molecule has 0 spiro atoms. The molecule has 5 heteroatoms. The molecule has 2 atom stereocenters. The minimum absolute atomic E-state index is 0.501. The van der Waals surface area contributed by atoms with E-state index in [9.17, 15) is 0 Å². The molecular formula is C14H22BrN3O. The Kier molecular flexibility index (Phi) is 5.16. The summed E-state index contributed by atoms with van der Waals surface area (Å²) in [5.74, 6) is 3.16. The highest BCUT2D eigenvalue weighted by atomic mass is 79.9. The lowest BCUT2D eigenvalue weighted by atomic mass is 10.0. The van der Waals surface area contributed by atoms with Crippen LogP contribution < -0.4 is 5.32 Å². The van der Waals surface area contributed by atoms with Crippen LogP contribution in [0.5, 0.6) is 0 Å². The van der Waals surface area contributed by atoms with Crippen LogP contribution >= 0.6 is 15.9 Å². The maximum absolute atomic E-state index is 5.22. The van der Waals surface area contributed by atoms with E-state index < -0.39 is 0 Å². The van der Waals surface area contributed by atoms with Crippen LogP contribution in [-0.2, 0) is 11.3 Å². The Morgan fingerprint density at radius 2 is 2.16 bits per heavy atom. The van der Waals surface area contributed by atoms with Crippen LogP contribution in [0.4, 0.5) is 5.82 Å². The third-order valence-electron chi connectivity index (χ3n) is 3.94. The van der Waals surface area contributed by atoms with E-state index in [1.807, 2.05) is 7.05 Å². The lowest BCUT2D eigenvalue weighted by Gasteiger charge is -2.14. The number of rotatable bonds is 5. The number of hydrogen-bond donors (Lipinski definition) is 1. The summed E-state index contributed by atoms with van der Waals surface area (Å²) in [6.07, 6.45) is 4.98. The first-order valence-electron chi connectivity index (χ1n) is 6.92. The van der Waals surface area contributed by atoms with Gasteiger partial charge in [0.05, 0.1) is 16.8 Å². The van der Waals surface area contributed by atoms with Gasteiger partial charge in [0.25, 0.3) is 0 Å². The van der Waals surface area contributed by atoms with Crippen LogP contribution in [0.3, 0.4) is 0 Å². The molecule has 1 N–H and O–H groups in total. The number of ether oxygens (including phenoxy) is 1. The van der Waals surface area contributed by atoms with Crippen molar-refractivity contribution in [1.82, 2.24) is 9.97 Å². The predicted molar refractivity (Wildman–Crippen MR) is 80.4 cm³/mol. The van der Waals surface area contributed by atoms with Gasteiger partial charge in [-0.25, -0.2) is 9.97 Å². The summed E-state index contributed by atoms with van der Waals surface area (Å²) in [5, 5.41) is 3.13. The number of aromatic nitrogens is 2. The van der Waals surface area contributed by atoms with Gasteiger partial charge in [-0.3, -0.25) is 0 Å². The zero-order chi connectivity index (χ0) is 13.8. The van der Waals surface area contributed by atoms with E-state index in [4.69, 9.17) is 9.72 Å². The molecule has 4 nitrogen and oxygen atoms in total. The van der Waals surface area contributed by atoms with Crippen LogP contribution in [0.1, 0.15) is 50.0 Å². The fourth-order valence-electron chi connectivity index (χ4n) is 2.77. The smallest absolute Gasteiger partial charge is 0.144 e. The van der Waals surface area contributed by atoms with Crippen molar-refractivity contribution in [3.63, 3.8) is 0 Å². The first-order chi connectivity index (χ1) is 9.19. The number of halogens is 1. The first kappa shape index (κ1) is 14.7. The van der Waals surface area contributed by atoms with Gasteiger partial charge < -0.3 is 10.1 Å². The van der Waals surface area contributed by atoms with E-state index in [1.54, 1.807) is 7.11 Å². The summed E-state index contributed by atoms with van der Waals surface area (Å²) >= 11 is 3.54. The first-order valence-corrected chi connectivity index (χ1v) is 7.71. The van der Waals surface area contributed by atoms with Crippen LogP contribution in [-0.4, -0.2) is 24.1 Å².